The summed E-state index contributed by atoms with van der Waals surface area (Å²) in [7, 11) is 3.74. The highest BCUT2D eigenvalue weighted by Gasteiger charge is 2.30. The average Bonchev–Trinajstić information content (AvgIpc) is 3.67. The lowest BCUT2D eigenvalue weighted by molar-refractivity contribution is -0.143. The van der Waals surface area contributed by atoms with E-state index in [4.69, 9.17) is 33.2 Å². The first-order valence-electron chi connectivity index (χ1n) is 19.2. The molecule has 1 amide bonds. The molecule has 2 aromatic heterocycles. The zero-order valence-electron chi connectivity index (χ0n) is 31.7. The van der Waals surface area contributed by atoms with Gasteiger partial charge in [0.05, 0.1) is 39.1 Å². The summed E-state index contributed by atoms with van der Waals surface area (Å²) in [6.45, 7) is 6.18. The molecule has 3 aliphatic rings. The standard InChI is InChI=1S/C41H49Cl2N7O5/c1-24(51)21-50-19-16-33-32(23-50)44-38(47(33)2)35(52)20-27-6-4-7-28(36(27)42)29-8-5-9-30(37(29)43)46-40(53)39-45-31-22-49(18-15-34(31)48(39)3)17-14-25-10-12-26(13-11-25)41(54)55/h4-9,24-26,51H,10-23H2,1-3H3,(H,46,53)(H,54,55)/t24-,25?,26?/m0/s1. The number of imidazole rings is 2. The Hall–Kier alpha value is -4.07. The van der Waals surface area contributed by atoms with Gasteiger partial charge in [0.1, 0.15) is 0 Å². The molecule has 1 saturated carbocycles. The van der Waals surface area contributed by atoms with E-state index in [1.165, 1.54) is 0 Å². The number of carboxylic acids is 1. The number of hydrogen-bond acceptors (Lipinski definition) is 8. The second-order valence-electron chi connectivity index (χ2n) is 15.5. The molecule has 2 aliphatic heterocycles. The molecule has 55 heavy (non-hydrogen) atoms. The molecule has 1 aliphatic carbocycles. The first-order chi connectivity index (χ1) is 26.4. The molecule has 292 valence electrons. The highest BCUT2D eigenvalue weighted by Crippen LogP contribution is 2.39. The molecule has 0 bridgehead atoms. The summed E-state index contributed by atoms with van der Waals surface area (Å²) in [4.78, 5) is 52.7. The number of aliphatic carboxylic acids is 1. The van der Waals surface area contributed by atoms with Crippen molar-refractivity contribution in [1.29, 1.82) is 0 Å². The molecule has 2 aromatic carbocycles. The quantitative estimate of drug-likeness (QED) is 0.143. The number of fused-ring (bicyclic) bond motifs is 2. The fourth-order valence-electron chi connectivity index (χ4n) is 8.59. The lowest BCUT2D eigenvalue weighted by Gasteiger charge is -2.30. The number of nitrogens with one attached hydrogen (secondary N) is 1. The van der Waals surface area contributed by atoms with E-state index in [0.717, 1.165) is 87.4 Å². The molecule has 1 fully saturated rings. The fourth-order valence-corrected chi connectivity index (χ4v) is 9.16. The smallest absolute Gasteiger partial charge is 0.306 e. The van der Waals surface area contributed by atoms with Crippen molar-refractivity contribution in [2.75, 3.05) is 31.5 Å². The SMILES string of the molecule is C[C@H](O)CN1CCc2c(nc(C(=O)Cc3cccc(-c4cccc(NC(=O)c5nc6c(n5C)CCN(CCC5CCC(C(=O)O)CC5)C6)c4Cl)c3Cl)n2C)C1. The van der Waals surface area contributed by atoms with Crippen molar-refractivity contribution in [2.24, 2.45) is 25.9 Å². The first-order valence-corrected chi connectivity index (χ1v) is 20.0. The van der Waals surface area contributed by atoms with E-state index >= 15 is 0 Å². The zero-order chi connectivity index (χ0) is 39.0. The molecule has 0 unspecified atom stereocenters. The van der Waals surface area contributed by atoms with Crippen LogP contribution in [0, 0.1) is 11.8 Å². The van der Waals surface area contributed by atoms with E-state index in [2.05, 4.69) is 15.1 Å². The Morgan fingerprint density at radius 2 is 1.45 bits per heavy atom. The number of ketones is 1. The fraction of sp³-hybridized carbons (Fsp3) is 0.488. The van der Waals surface area contributed by atoms with Crippen molar-refractivity contribution in [3.63, 3.8) is 0 Å². The largest absolute Gasteiger partial charge is 0.481 e. The highest BCUT2D eigenvalue weighted by atomic mass is 35.5. The molecule has 0 spiro atoms. The molecular weight excluding hydrogens is 741 g/mol. The Morgan fingerprint density at radius 3 is 2.13 bits per heavy atom. The van der Waals surface area contributed by atoms with Crippen molar-refractivity contribution >= 4 is 46.5 Å². The number of halogens is 2. The van der Waals surface area contributed by atoms with Gasteiger partial charge < -0.3 is 24.7 Å². The van der Waals surface area contributed by atoms with E-state index < -0.39 is 12.1 Å². The summed E-state index contributed by atoms with van der Waals surface area (Å²) in [5, 5.41) is 22.9. The van der Waals surface area contributed by atoms with Gasteiger partial charge in [-0.05, 0) is 63.1 Å². The number of aliphatic hydroxyl groups is 1. The minimum Gasteiger partial charge on any atom is -0.481 e. The Labute approximate surface area is 331 Å². The monoisotopic (exact) mass is 789 g/mol. The number of rotatable bonds is 12. The maximum atomic E-state index is 13.7. The number of carbonyl (C=O) groups is 3. The summed E-state index contributed by atoms with van der Waals surface area (Å²) in [6.07, 6.45) is 5.64. The number of carboxylic acid groups (broad SMARTS) is 1. The van der Waals surface area contributed by atoms with E-state index in [1.54, 1.807) is 19.1 Å². The van der Waals surface area contributed by atoms with E-state index in [0.29, 0.717) is 69.6 Å². The van der Waals surface area contributed by atoms with Gasteiger partial charge in [-0.15, -0.1) is 0 Å². The van der Waals surface area contributed by atoms with E-state index in [1.807, 2.05) is 47.5 Å². The Bertz CT molecular complexity index is 2100. The van der Waals surface area contributed by atoms with Crippen LogP contribution in [-0.4, -0.2) is 89.1 Å². The summed E-state index contributed by atoms with van der Waals surface area (Å²) < 4.78 is 3.75. The summed E-state index contributed by atoms with van der Waals surface area (Å²) in [6, 6.07) is 10.9. The van der Waals surface area contributed by atoms with Gasteiger partial charge >= 0.3 is 5.97 Å². The van der Waals surface area contributed by atoms with Gasteiger partial charge in [-0.3, -0.25) is 24.2 Å². The second kappa shape index (κ2) is 16.6. The van der Waals surface area contributed by atoms with Gasteiger partial charge in [-0.25, -0.2) is 9.97 Å². The number of benzene rings is 2. The predicted molar refractivity (Wildman–Crippen MR) is 212 cm³/mol. The maximum Gasteiger partial charge on any atom is 0.306 e. The van der Waals surface area contributed by atoms with Crippen molar-refractivity contribution < 1.29 is 24.6 Å². The van der Waals surface area contributed by atoms with Gasteiger partial charge in [0.25, 0.3) is 5.91 Å². The van der Waals surface area contributed by atoms with Gasteiger partial charge in [-0.2, -0.15) is 0 Å². The molecule has 4 heterocycles. The van der Waals surface area contributed by atoms with Crippen LogP contribution in [0.25, 0.3) is 11.1 Å². The molecule has 7 rings (SSSR count). The number of carbonyl (C=O) groups excluding carboxylic acids is 2. The number of amides is 1. The third-order valence-electron chi connectivity index (χ3n) is 11.7. The van der Waals surface area contributed by atoms with Crippen molar-refractivity contribution in [3.8, 4) is 11.1 Å². The van der Waals surface area contributed by atoms with Crippen LogP contribution in [-0.2, 0) is 51.2 Å². The Morgan fingerprint density at radius 1 is 0.855 bits per heavy atom. The number of aliphatic hydroxyl groups excluding tert-OH is 1. The Balaban J connectivity index is 1.01. The normalized spacial score (nSPS) is 19.5. The summed E-state index contributed by atoms with van der Waals surface area (Å²) in [5.74, 6) is -0.140. The lowest BCUT2D eigenvalue weighted by Crippen LogP contribution is -2.36. The molecule has 14 heteroatoms. The van der Waals surface area contributed by atoms with Crippen LogP contribution in [0.3, 0.4) is 0 Å². The molecule has 0 radical (unpaired) electrons. The second-order valence-corrected chi connectivity index (χ2v) is 16.2. The number of aromatic nitrogens is 4. The highest BCUT2D eigenvalue weighted by molar-refractivity contribution is 6.39. The molecule has 4 aromatic rings. The van der Waals surface area contributed by atoms with Crippen molar-refractivity contribution in [3.05, 3.63) is 86.4 Å². The van der Waals surface area contributed by atoms with Crippen LogP contribution in [0.4, 0.5) is 5.69 Å². The average molecular weight is 791 g/mol. The van der Waals surface area contributed by atoms with Crippen molar-refractivity contribution in [1.82, 2.24) is 28.9 Å². The topological polar surface area (TPSA) is 146 Å². The van der Waals surface area contributed by atoms with Gasteiger partial charge in [0, 0.05) is 88.6 Å². The number of hydrogen-bond donors (Lipinski definition) is 3. The van der Waals surface area contributed by atoms with Crippen LogP contribution in [0.5, 0.6) is 0 Å². The van der Waals surface area contributed by atoms with Crippen molar-refractivity contribution in [2.45, 2.75) is 77.5 Å². The molecular formula is C41H49Cl2N7O5. The van der Waals surface area contributed by atoms with Crippen LogP contribution in [0.15, 0.2) is 36.4 Å². The van der Waals surface area contributed by atoms with E-state index in [9.17, 15) is 24.6 Å². The lowest BCUT2D eigenvalue weighted by atomic mass is 9.80. The van der Waals surface area contributed by atoms with Crippen LogP contribution >= 0.6 is 23.2 Å². The van der Waals surface area contributed by atoms with Crippen LogP contribution in [0.2, 0.25) is 10.0 Å². The van der Waals surface area contributed by atoms with Crippen LogP contribution in [0.1, 0.15) is 88.6 Å². The molecule has 1 atom stereocenters. The molecule has 3 N–H and O–H groups in total. The maximum absolute atomic E-state index is 13.7. The summed E-state index contributed by atoms with van der Waals surface area (Å²) >= 11 is 14.0. The molecule has 0 saturated heterocycles. The number of Topliss-reactive ketones (excluding diaryl/α,β-unsaturated/α-hetero) is 1. The minimum atomic E-state index is -0.672. The van der Waals surface area contributed by atoms with Crippen LogP contribution < -0.4 is 5.32 Å². The molecule has 12 nitrogen and oxygen atoms in total. The summed E-state index contributed by atoms with van der Waals surface area (Å²) in [5.41, 5.74) is 6.17. The minimum absolute atomic E-state index is 0.0525. The predicted octanol–water partition coefficient (Wildman–Crippen LogP) is 6.18. The number of anilines is 1. The Kier molecular flexibility index (Phi) is 11.8. The van der Waals surface area contributed by atoms with E-state index in [-0.39, 0.29) is 24.0 Å². The van der Waals surface area contributed by atoms with Gasteiger partial charge in [-0.1, -0.05) is 53.5 Å². The third kappa shape index (κ3) is 8.39. The van der Waals surface area contributed by atoms with Gasteiger partial charge in [0.2, 0.25) is 5.78 Å². The zero-order valence-corrected chi connectivity index (χ0v) is 33.2. The first kappa shape index (κ1) is 39.2. The number of β-amino-alcohol motifs (C(OH)–C–C–N with tert-alkyl or cyclic N) is 1. The number of nitrogens with zero attached hydrogens (tertiary/aromatic N) is 6. The third-order valence-corrected chi connectivity index (χ3v) is 12.5. The van der Waals surface area contributed by atoms with Gasteiger partial charge in [0.15, 0.2) is 11.6 Å².